The maximum Gasteiger partial charge on any atom is 0.191 e. The first-order valence-corrected chi connectivity index (χ1v) is 9.95. The summed E-state index contributed by atoms with van der Waals surface area (Å²) in [5.41, 5.74) is 1.17. The summed E-state index contributed by atoms with van der Waals surface area (Å²) in [5.74, 6) is 0.908. The summed E-state index contributed by atoms with van der Waals surface area (Å²) in [4.78, 5) is 11.7. The number of ether oxygens (including phenoxy) is 1. The van der Waals surface area contributed by atoms with Crippen molar-refractivity contribution >= 4 is 41.3 Å². The lowest BCUT2D eigenvalue weighted by atomic mass is 10.3. The van der Waals surface area contributed by atoms with Crippen LogP contribution in [0.2, 0.25) is 0 Å². The van der Waals surface area contributed by atoms with Crippen LogP contribution in [0.1, 0.15) is 31.0 Å². The molecule has 0 aromatic carbocycles. The number of nitrogens with one attached hydrogen (secondary N) is 2. The van der Waals surface area contributed by atoms with Crippen LogP contribution in [0.3, 0.4) is 0 Å². The van der Waals surface area contributed by atoms with Crippen molar-refractivity contribution in [3.63, 3.8) is 0 Å². The Morgan fingerprint density at radius 2 is 2.12 bits per heavy atom. The minimum atomic E-state index is 0. The van der Waals surface area contributed by atoms with Gasteiger partial charge in [0.15, 0.2) is 5.96 Å². The molecule has 0 radical (unpaired) electrons. The molecule has 2 heterocycles. The molecule has 1 aromatic rings. The number of hydrogen-bond donors (Lipinski definition) is 2. The number of nitrogens with zero attached hydrogens (tertiary/aromatic N) is 3. The largest absolute Gasteiger partial charge is 0.379 e. The second-order valence-electron chi connectivity index (χ2n) is 5.83. The summed E-state index contributed by atoms with van der Waals surface area (Å²) in [7, 11) is 0. The molecule has 1 aliphatic rings. The molecule has 0 amide bonds. The third kappa shape index (κ3) is 9.16. The maximum atomic E-state index is 5.37. The van der Waals surface area contributed by atoms with E-state index in [1.807, 2.05) is 0 Å². The summed E-state index contributed by atoms with van der Waals surface area (Å²) in [6.45, 7) is 11.8. The smallest absolute Gasteiger partial charge is 0.191 e. The Kier molecular flexibility index (Phi) is 12.4. The van der Waals surface area contributed by atoms with Gasteiger partial charge in [-0.25, -0.2) is 4.98 Å². The summed E-state index contributed by atoms with van der Waals surface area (Å²) >= 11 is 1.75. The average Bonchev–Trinajstić information content (AvgIpc) is 3.07. The zero-order chi connectivity index (χ0) is 17.0. The van der Waals surface area contributed by atoms with Crippen molar-refractivity contribution in [2.75, 3.05) is 52.5 Å². The van der Waals surface area contributed by atoms with E-state index in [1.54, 1.807) is 11.3 Å². The molecule has 25 heavy (non-hydrogen) atoms. The Morgan fingerprint density at radius 1 is 1.32 bits per heavy atom. The zero-order valence-corrected chi connectivity index (χ0v) is 18.6. The van der Waals surface area contributed by atoms with E-state index in [4.69, 9.17) is 4.74 Å². The highest BCUT2D eigenvalue weighted by molar-refractivity contribution is 14.0. The van der Waals surface area contributed by atoms with Crippen LogP contribution in [0.15, 0.2) is 10.4 Å². The topological polar surface area (TPSA) is 61.8 Å². The molecule has 1 fully saturated rings. The number of hydrogen-bond acceptors (Lipinski definition) is 5. The van der Waals surface area contributed by atoms with Crippen molar-refractivity contribution in [3.8, 4) is 0 Å². The SMILES string of the molecule is CCNC(=NCCCN1CCOCC1)NCCc1csc(CC)n1.I. The third-order valence-electron chi connectivity index (χ3n) is 3.93. The molecule has 2 N–H and O–H groups in total. The predicted molar refractivity (Wildman–Crippen MR) is 116 cm³/mol. The minimum Gasteiger partial charge on any atom is -0.379 e. The highest BCUT2D eigenvalue weighted by atomic mass is 127. The standard InChI is InChI=1S/C17H31N5OS.HI/c1-3-16-21-15(14-24-16)6-8-20-17(18-4-2)19-7-5-9-22-10-12-23-13-11-22;/h14H,3-13H2,1-2H3,(H2,18,19,20);1H. The molecule has 144 valence electrons. The Hall–Kier alpha value is -0.450. The highest BCUT2D eigenvalue weighted by Crippen LogP contribution is 2.10. The van der Waals surface area contributed by atoms with Gasteiger partial charge in [0.1, 0.15) is 0 Å². The fourth-order valence-electron chi connectivity index (χ4n) is 2.59. The molecule has 0 unspecified atom stereocenters. The van der Waals surface area contributed by atoms with E-state index in [2.05, 4.69) is 44.7 Å². The second-order valence-corrected chi connectivity index (χ2v) is 6.77. The third-order valence-corrected chi connectivity index (χ3v) is 4.97. The lowest BCUT2D eigenvalue weighted by Gasteiger charge is -2.26. The molecule has 0 bridgehead atoms. The molecule has 1 aromatic heterocycles. The van der Waals surface area contributed by atoms with Gasteiger partial charge in [-0.2, -0.15) is 0 Å². The number of aromatic nitrogens is 1. The quantitative estimate of drug-likeness (QED) is 0.245. The molecule has 1 aliphatic heterocycles. The summed E-state index contributed by atoms with van der Waals surface area (Å²) in [5, 5.41) is 10.1. The van der Waals surface area contributed by atoms with E-state index in [1.165, 1.54) is 10.7 Å². The molecule has 6 nitrogen and oxygen atoms in total. The van der Waals surface area contributed by atoms with Crippen LogP contribution in [0.25, 0.3) is 0 Å². The molecule has 0 saturated carbocycles. The number of morpholine rings is 1. The Bertz CT molecular complexity index is 491. The molecule has 0 spiro atoms. The van der Waals surface area contributed by atoms with Crippen molar-refractivity contribution < 1.29 is 4.74 Å². The van der Waals surface area contributed by atoms with Crippen molar-refractivity contribution in [1.82, 2.24) is 20.5 Å². The predicted octanol–water partition coefficient (Wildman–Crippen LogP) is 2.14. The average molecular weight is 481 g/mol. The van der Waals surface area contributed by atoms with Crippen molar-refractivity contribution in [3.05, 3.63) is 16.1 Å². The van der Waals surface area contributed by atoms with Gasteiger partial charge in [-0.3, -0.25) is 9.89 Å². The summed E-state index contributed by atoms with van der Waals surface area (Å²) < 4.78 is 5.37. The van der Waals surface area contributed by atoms with Crippen LogP contribution >= 0.6 is 35.3 Å². The first-order valence-electron chi connectivity index (χ1n) is 9.07. The van der Waals surface area contributed by atoms with Gasteiger partial charge in [0, 0.05) is 51.1 Å². The van der Waals surface area contributed by atoms with E-state index in [-0.39, 0.29) is 24.0 Å². The molecule has 0 aliphatic carbocycles. The molecule has 8 heteroatoms. The van der Waals surface area contributed by atoms with Gasteiger partial charge in [0.25, 0.3) is 0 Å². The summed E-state index contributed by atoms with van der Waals surface area (Å²) in [6.07, 6.45) is 3.04. The maximum absolute atomic E-state index is 5.37. The lowest BCUT2D eigenvalue weighted by Crippen LogP contribution is -2.39. The Morgan fingerprint density at radius 3 is 2.80 bits per heavy atom. The van der Waals surface area contributed by atoms with Crippen molar-refractivity contribution in [2.24, 2.45) is 4.99 Å². The molecule has 1 saturated heterocycles. The zero-order valence-electron chi connectivity index (χ0n) is 15.4. The number of halogens is 1. The van der Waals surface area contributed by atoms with Gasteiger partial charge in [-0.15, -0.1) is 35.3 Å². The normalized spacial score (nSPS) is 15.7. The number of rotatable bonds is 9. The number of aliphatic imine (C=N–C) groups is 1. The van der Waals surface area contributed by atoms with Crippen LogP contribution in [0.4, 0.5) is 0 Å². The van der Waals surface area contributed by atoms with Crippen molar-refractivity contribution in [2.45, 2.75) is 33.1 Å². The van der Waals surface area contributed by atoms with Gasteiger partial charge in [-0.05, 0) is 19.8 Å². The fourth-order valence-corrected chi connectivity index (χ4v) is 3.37. The molecule has 2 rings (SSSR count). The van der Waals surface area contributed by atoms with Gasteiger partial charge in [0.2, 0.25) is 0 Å². The van der Waals surface area contributed by atoms with E-state index in [0.29, 0.717) is 0 Å². The van der Waals surface area contributed by atoms with E-state index in [0.717, 1.165) is 77.7 Å². The first-order chi connectivity index (χ1) is 11.8. The monoisotopic (exact) mass is 481 g/mol. The van der Waals surface area contributed by atoms with Gasteiger partial charge in [0.05, 0.1) is 23.9 Å². The van der Waals surface area contributed by atoms with E-state index >= 15 is 0 Å². The molecular formula is C17H32IN5OS. The lowest BCUT2D eigenvalue weighted by molar-refractivity contribution is 0.0377. The fraction of sp³-hybridized carbons (Fsp3) is 0.765. The molecular weight excluding hydrogens is 449 g/mol. The number of thiazole rings is 1. The highest BCUT2D eigenvalue weighted by Gasteiger charge is 2.09. The van der Waals surface area contributed by atoms with Crippen LogP contribution in [0.5, 0.6) is 0 Å². The van der Waals surface area contributed by atoms with Crippen LogP contribution in [0, 0.1) is 0 Å². The van der Waals surface area contributed by atoms with E-state index in [9.17, 15) is 0 Å². The molecule has 0 atom stereocenters. The summed E-state index contributed by atoms with van der Waals surface area (Å²) in [6, 6.07) is 0. The van der Waals surface area contributed by atoms with Gasteiger partial charge < -0.3 is 15.4 Å². The second kappa shape index (κ2) is 13.7. The number of aryl methyl sites for hydroxylation is 1. The Balaban J connectivity index is 0.00000312. The number of guanidine groups is 1. The first kappa shape index (κ1) is 22.6. The van der Waals surface area contributed by atoms with E-state index < -0.39 is 0 Å². The van der Waals surface area contributed by atoms with Crippen molar-refractivity contribution in [1.29, 1.82) is 0 Å². The van der Waals surface area contributed by atoms with Crippen LogP contribution in [-0.4, -0.2) is 68.3 Å². The minimum absolute atomic E-state index is 0. The van der Waals surface area contributed by atoms with Crippen LogP contribution in [-0.2, 0) is 17.6 Å². The van der Waals surface area contributed by atoms with Gasteiger partial charge in [-0.1, -0.05) is 6.92 Å². The van der Waals surface area contributed by atoms with Gasteiger partial charge >= 0.3 is 0 Å². The Labute approximate surface area is 172 Å². The van der Waals surface area contributed by atoms with Crippen LogP contribution < -0.4 is 10.6 Å².